The van der Waals surface area contributed by atoms with Crippen LogP contribution in [0, 0.1) is 0 Å². The van der Waals surface area contributed by atoms with Gasteiger partial charge in [-0.05, 0) is 26.8 Å². The van der Waals surface area contributed by atoms with Crippen LogP contribution in [-0.4, -0.2) is 30.8 Å². The number of methoxy groups -OCH3 is 1. The maximum absolute atomic E-state index is 12.8. The highest BCUT2D eigenvalue weighted by Gasteiger charge is 2.31. The van der Waals surface area contributed by atoms with Gasteiger partial charge >= 0.3 is 12.1 Å². The van der Waals surface area contributed by atoms with Gasteiger partial charge in [0.15, 0.2) is 0 Å². The maximum Gasteiger partial charge on any atom is 0.408 e. The molecule has 112 valence electrons. The number of carbonyl (C=O) groups excluding carboxylic acids is 2. The third-order valence-electron chi connectivity index (χ3n) is 2.49. The molecule has 20 heavy (non-hydrogen) atoms. The smallest absolute Gasteiger partial charge is 0.408 e. The zero-order valence-electron chi connectivity index (χ0n) is 11.8. The normalized spacial score (nSPS) is 18.4. The minimum absolute atomic E-state index is 0.0800. The Bertz CT molecular complexity index is 473. The molecule has 0 spiro atoms. The molecule has 0 fully saturated rings. The highest BCUT2D eigenvalue weighted by Crippen LogP contribution is 2.29. The van der Waals surface area contributed by atoms with E-state index < -0.39 is 29.8 Å². The van der Waals surface area contributed by atoms with Gasteiger partial charge in [0.05, 0.1) is 13.2 Å². The van der Waals surface area contributed by atoms with Gasteiger partial charge in [-0.3, -0.25) is 0 Å². The van der Waals surface area contributed by atoms with E-state index in [4.69, 9.17) is 4.74 Å². The molecule has 0 saturated carbocycles. The predicted molar refractivity (Wildman–Crippen MR) is 67.1 cm³/mol. The third kappa shape index (κ3) is 4.32. The number of hydrogen-bond acceptors (Lipinski definition) is 4. The number of halogens is 2. The highest BCUT2D eigenvalue weighted by atomic mass is 19.3. The summed E-state index contributed by atoms with van der Waals surface area (Å²) in [4.78, 5) is 22.9. The number of amides is 1. The Labute approximate surface area is 115 Å². The van der Waals surface area contributed by atoms with Crippen molar-refractivity contribution in [2.75, 3.05) is 7.11 Å². The monoisotopic (exact) mass is 289 g/mol. The van der Waals surface area contributed by atoms with Crippen molar-refractivity contribution in [1.82, 2.24) is 5.32 Å². The van der Waals surface area contributed by atoms with Gasteiger partial charge in [-0.2, -0.15) is 8.78 Å². The Kier molecular flexibility index (Phi) is 4.86. The van der Waals surface area contributed by atoms with Crippen LogP contribution in [0.25, 0.3) is 0 Å². The van der Waals surface area contributed by atoms with Gasteiger partial charge in [0.2, 0.25) is 0 Å². The quantitative estimate of drug-likeness (QED) is 0.793. The van der Waals surface area contributed by atoms with Crippen molar-refractivity contribution in [2.24, 2.45) is 0 Å². The number of nitrogens with one attached hydrogen (secondary N) is 1. The Morgan fingerprint density at radius 3 is 2.40 bits per heavy atom. The molecule has 0 radical (unpaired) electrons. The van der Waals surface area contributed by atoms with Gasteiger partial charge < -0.3 is 14.8 Å². The largest absolute Gasteiger partial charge is 0.466 e. The van der Waals surface area contributed by atoms with Crippen LogP contribution in [0.15, 0.2) is 23.3 Å². The lowest BCUT2D eigenvalue weighted by Gasteiger charge is -2.21. The molecule has 0 saturated heterocycles. The molecule has 0 heterocycles. The zero-order chi connectivity index (χ0) is 15.5. The minimum atomic E-state index is -1.93. The average molecular weight is 289 g/mol. The fourth-order valence-corrected chi connectivity index (χ4v) is 1.69. The molecule has 0 aromatic heterocycles. The van der Waals surface area contributed by atoms with Crippen LogP contribution in [0.1, 0.15) is 27.2 Å². The van der Waals surface area contributed by atoms with Gasteiger partial charge in [0, 0.05) is 17.6 Å². The molecule has 7 heteroatoms. The molecule has 1 unspecified atom stereocenters. The molecule has 0 aromatic rings. The van der Waals surface area contributed by atoms with Gasteiger partial charge in [0.1, 0.15) is 5.60 Å². The number of rotatable bonds is 2. The second-order valence-corrected chi connectivity index (χ2v) is 5.27. The molecule has 1 rings (SSSR count). The van der Waals surface area contributed by atoms with Crippen molar-refractivity contribution < 1.29 is 27.8 Å². The van der Waals surface area contributed by atoms with Crippen molar-refractivity contribution in [3.63, 3.8) is 0 Å². The Morgan fingerprint density at radius 1 is 1.35 bits per heavy atom. The second-order valence-electron chi connectivity index (χ2n) is 5.27. The number of alkyl carbamates (subject to hydrolysis) is 1. The molecule has 1 N–H and O–H groups in total. The van der Waals surface area contributed by atoms with Crippen molar-refractivity contribution in [3.05, 3.63) is 23.3 Å². The molecular formula is C13H17F2NO4. The summed E-state index contributed by atoms with van der Waals surface area (Å²) in [6.45, 7) is 4.97. The maximum atomic E-state index is 12.8. The summed E-state index contributed by atoms with van der Waals surface area (Å²) >= 11 is 0. The Morgan fingerprint density at radius 2 is 1.95 bits per heavy atom. The third-order valence-corrected chi connectivity index (χ3v) is 2.49. The lowest BCUT2D eigenvalue weighted by molar-refractivity contribution is -0.136. The van der Waals surface area contributed by atoms with Crippen LogP contribution in [-0.2, 0) is 14.3 Å². The van der Waals surface area contributed by atoms with E-state index in [0.29, 0.717) is 0 Å². The van der Waals surface area contributed by atoms with Crippen molar-refractivity contribution >= 4 is 12.1 Å². The molecule has 1 aliphatic carbocycles. The van der Waals surface area contributed by atoms with Crippen LogP contribution in [0.3, 0.4) is 0 Å². The van der Waals surface area contributed by atoms with Crippen LogP contribution in [0.5, 0.6) is 0 Å². The summed E-state index contributed by atoms with van der Waals surface area (Å²) in [6.07, 6.45) is -1.77. The molecule has 0 bridgehead atoms. The van der Waals surface area contributed by atoms with Crippen LogP contribution < -0.4 is 5.32 Å². The van der Waals surface area contributed by atoms with Crippen molar-refractivity contribution in [2.45, 2.75) is 38.8 Å². The first kappa shape index (κ1) is 16.1. The summed E-state index contributed by atoms with van der Waals surface area (Å²) < 4.78 is 35.1. The minimum Gasteiger partial charge on any atom is -0.466 e. The van der Waals surface area contributed by atoms with Gasteiger partial charge in [-0.1, -0.05) is 0 Å². The van der Waals surface area contributed by atoms with Crippen molar-refractivity contribution in [3.8, 4) is 0 Å². The molecule has 5 nitrogen and oxygen atoms in total. The highest BCUT2D eigenvalue weighted by molar-refractivity contribution is 5.90. The van der Waals surface area contributed by atoms with Crippen LogP contribution in [0.2, 0.25) is 0 Å². The number of ether oxygens (including phenoxy) is 2. The molecule has 1 aliphatic rings. The Hall–Kier alpha value is -1.92. The molecule has 1 atom stereocenters. The van der Waals surface area contributed by atoms with Gasteiger partial charge in [-0.25, -0.2) is 9.59 Å². The second kappa shape index (κ2) is 6.02. The summed E-state index contributed by atoms with van der Waals surface area (Å²) in [6, 6.07) is -1.07. The lowest BCUT2D eigenvalue weighted by Crippen LogP contribution is -2.38. The first-order chi connectivity index (χ1) is 9.14. The standard InChI is InChI=1S/C13H17F2NO4/c1-13(2,3)20-12(18)16-9-6-7(11(17)19-4)5-8(9)10(14)15/h6,9H,5H2,1-4H3,(H,16,18). The first-order valence-electron chi connectivity index (χ1n) is 5.96. The summed E-state index contributed by atoms with van der Waals surface area (Å²) in [7, 11) is 1.16. The molecule has 0 aromatic carbocycles. The van der Waals surface area contributed by atoms with E-state index in [1.165, 1.54) is 6.08 Å². The van der Waals surface area contributed by atoms with Crippen molar-refractivity contribution in [1.29, 1.82) is 0 Å². The predicted octanol–water partition coefficient (Wildman–Crippen LogP) is 2.53. The van der Waals surface area contributed by atoms with Gasteiger partial charge in [0.25, 0.3) is 6.08 Å². The van der Waals surface area contributed by atoms with E-state index in [0.717, 1.165) is 7.11 Å². The SMILES string of the molecule is COC(=O)C1=CC(NC(=O)OC(C)(C)C)C(=C(F)F)C1. The lowest BCUT2D eigenvalue weighted by atomic mass is 10.1. The van der Waals surface area contributed by atoms with E-state index in [2.05, 4.69) is 10.1 Å². The van der Waals surface area contributed by atoms with Crippen LogP contribution >= 0.6 is 0 Å². The van der Waals surface area contributed by atoms with E-state index in [-0.39, 0.29) is 17.6 Å². The summed E-state index contributed by atoms with van der Waals surface area (Å²) in [5, 5.41) is 2.29. The number of esters is 1. The van der Waals surface area contributed by atoms with E-state index in [1.54, 1.807) is 20.8 Å². The van der Waals surface area contributed by atoms with Crippen LogP contribution in [0.4, 0.5) is 13.6 Å². The van der Waals surface area contributed by atoms with E-state index in [9.17, 15) is 18.4 Å². The molecule has 1 amide bonds. The molecule has 0 aliphatic heterocycles. The van der Waals surface area contributed by atoms with E-state index in [1.807, 2.05) is 0 Å². The topological polar surface area (TPSA) is 64.6 Å². The first-order valence-corrected chi connectivity index (χ1v) is 5.96. The van der Waals surface area contributed by atoms with Gasteiger partial charge in [-0.15, -0.1) is 0 Å². The fraction of sp³-hybridized carbons (Fsp3) is 0.538. The van der Waals surface area contributed by atoms with E-state index >= 15 is 0 Å². The fourth-order valence-electron chi connectivity index (χ4n) is 1.69. The number of carbonyl (C=O) groups is 2. The Balaban J connectivity index is 2.85. The average Bonchev–Trinajstić information content (AvgIpc) is 2.69. The number of hydrogen-bond donors (Lipinski definition) is 1. The summed E-state index contributed by atoms with van der Waals surface area (Å²) in [5.74, 6) is -0.697. The molecular weight excluding hydrogens is 272 g/mol. The summed E-state index contributed by atoms with van der Waals surface area (Å²) in [5.41, 5.74) is -0.997. The zero-order valence-corrected chi connectivity index (χ0v) is 11.8.